The molecule has 0 amide bonds. The maximum absolute atomic E-state index is 5.32. The number of fused-ring (bicyclic) bond motifs is 2. The van der Waals surface area contributed by atoms with Crippen molar-refractivity contribution < 1.29 is 4.84 Å². The van der Waals surface area contributed by atoms with Crippen LogP contribution in [0.5, 0.6) is 0 Å². The summed E-state index contributed by atoms with van der Waals surface area (Å²) in [5.41, 5.74) is 2.60. The lowest BCUT2D eigenvalue weighted by molar-refractivity contribution is 0.174. The molecule has 0 spiro atoms. The van der Waals surface area contributed by atoms with E-state index >= 15 is 0 Å². The molecule has 0 aromatic heterocycles. The summed E-state index contributed by atoms with van der Waals surface area (Å²) < 4.78 is 0. The van der Waals surface area contributed by atoms with Crippen LogP contribution in [-0.2, 0) is 11.3 Å². The highest BCUT2D eigenvalue weighted by Crippen LogP contribution is 2.32. The number of hydrogen-bond acceptors (Lipinski definition) is 2. The summed E-state index contributed by atoms with van der Waals surface area (Å²) in [6, 6.07) is 12.9. The van der Waals surface area contributed by atoms with Crippen molar-refractivity contribution in [2.45, 2.75) is 6.42 Å². The van der Waals surface area contributed by atoms with E-state index in [-0.39, 0.29) is 0 Å². The van der Waals surface area contributed by atoms with Crippen LogP contribution in [-0.4, -0.2) is 13.7 Å². The second-order valence-corrected chi connectivity index (χ2v) is 3.86. The number of anilines is 1. The first kappa shape index (κ1) is 8.74. The lowest BCUT2D eigenvalue weighted by Crippen LogP contribution is -2.17. The Morgan fingerprint density at radius 3 is 2.60 bits per heavy atom. The van der Waals surface area contributed by atoms with Gasteiger partial charge in [-0.1, -0.05) is 24.3 Å². The van der Waals surface area contributed by atoms with Crippen LogP contribution in [0.4, 0.5) is 5.69 Å². The normalized spacial score (nSPS) is 14.6. The molecule has 0 unspecified atom stereocenters. The first-order valence-electron chi connectivity index (χ1n) is 5.22. The topological polar surface area (TPSA) is 12.5 Å². The Labute approximate surface area is 89.0 Å². The molecule has 0 radical (unpaired) electrons. The smallest absolute Gasteiger partial charge is 0.0675 e. The van der Waals surface area contributed by atoms with Gasteiger partial charge in [0.2, 0.25) is 0 Å². The van der Waals surface area contributed by atoms with Crippen molar-refractivity contribution in [2.24, 2.45) is 0 Å². The van der Waals surface area contributed by atoms with Gasteiger partial charge in [-0.05, 0) is 34.9 Å². The molecule has 15 heavy (non-hydrogen) atoms. The lowest BCUT2D eigenvalue weighted by atomic mass is 10.1. The molecule has 1 aliphatic heterocycles. The van der Waals surface area contributed by atoms with Crippen molar-refractivity contribution in [1.82, 2.24) is 0 Å². The van der Waals surface area contributed by atoms with E-state index in [4.69, 9.17) is 4.84 Å². The third-order valence-corrected chi connectivity index (χ3v) is 3.02. The number of hydroxylamine groups is 1. The largest absolute Gasteiger partial charge is 0.277 e. The van der Waals surface area contributed by atoms with Crippen LogP contribution in [0.3, 0.4) is 0 Å². The molecular formula is C13H13NO. The van der Waals surface area contributed by atoms with Gasteiger partial charge in [0, 0.05) is 6.54 Å². The summed E-state index contributed by atoms with van der Waals surface area (Å²) >= 11 is 0. The van der Waals surface area contributed by atoms with Crippen LogP contribution in [0.15, 0.2) is 36.4 Å². The number of benzene rings is 2. The Morgan fingerprint density at radius 1 is 1.13 bits per heavy atom. The van der Waals surface area contributed by atoms with Gasteiger partial charge in [0.1, 0.15) is 0 Å². The fourth-order valence-electron chi connectivity index (χ4n) is 2.24. The van der Waals surface area contributed by atoms with Crippen LogP contribution in [0.2, 0.25) is 0 Å². The number of nitrogens with zero attached hydrogens (tertiary/aromatic N) is 1. The van der Waals surface area contributed by atoms with E-state index < -0.39 is 0 Å². The Bertz CT molecular complexity index is 507. The molecule has 0 bridgehead atoms. The van der Waals surface area contributed by atoms with E-state index in [2.05, 4.69) is 36.4 Å². The zero-order valence-electron chi connectivity index (χ0n) is 8.73. The summed E-state index contributed by atoms with van der Waals surface area (Å²) in [4.78, 5) is 5.32. The molecule has 0 aliphatic carbocycles. The van der Waals surface area contributed by atoms with Crippen molar-refractivity contribution in [3.8, 4) is 0 Å². The van der Waals surface area contributed by atoms with Crippen molar-refractivity contribution >= 4 is 16.5 Å². The van der Waals surface area contributed by atoms with Gasteiger partial charge in [0.15, 0.2) is 0 Å². The van der Waals surface area contributed by atoms with Gasteiger partial charge >= 0.3 is 0 Å². The van der Waals surface area contributed by atoms with Gasteiger partial charge < -0.3 is 0 Å². The van der Waals surface area contributed by atoms with E-state index in [9.17, 15) is 0 Å². The van der Waals surface area contributed by atoms with Crippen molar-refractivity contribution in [2.75, 3.05) is 18.7 Å². The maximum atomic E-state index is 5.32. The van der Waals surface area contributed by atoms with Crippen LogP contribution in [0.1, 0.15) is 5.56 Å². The Balaban J connectivity index is 2.23. The van der Waals surface area contributed by atoms with Crippen LogP contribution in [0.25, 0.3) is 10.8 Å². The minimum atomic E-state index is 0.960. The number of hydrogen-bond donors (Lipinski definition) is 0. The molecular weight excluding hydrogens is 186 g/mol. The molecule has 2 aromatic carbocycles. The number of rotatable bonds is 1. The first-order valence-corrected chi connectivity index (χ1v) is 5.22. The van der Waals surface area contributed by atoms with Crippen LogP contribution >= 0.6 is 0 Å². The van der Waals surface area contributed by atoms with Crippen molar-refractivity contribution in [3.63, 3.8) is 0 Å². The van der Waals surface area contributed by atoms with Gasteiger partial charge in [-0.2, -0.15) is 0 Å². The van der Waals surface area contributed by atoms with E-state index in [1.54, 1.807) is 7.11 Å². The molecule has 0 fully saturated rings. The summed E-state index contributed by atoms with van der Waals surface area (Å²) in [5.74, 6) is 0. The van der Waals surface area contributed by atoms with Gasteiger partial charge in [0.25, 0.3) is 0 Å². The average molecular weight is 199 g/mol. The minimum Gasteiger partial charge on any atom is -0.277 e. The minimum absolute atomic E-state index is 0.960. The average Bonchev–Trinajstić information content (AvgIpc) is 2.68. The standard InChI is InChI=1S/C13H13NO/c1-15-14-7-6-12-8-10-4-2-3-5-11(10)9-13(12)14/h2-5,8-9H,6-7H2,1H3. The second kappa shape index (κ2) is 3.24. The SMILES string of the molecule is CON1CCc2cc3ccccc3cc21. The van der Waals surface area contributed by atoms with E-state index in [0.717, 1.165) is 13.0 Å². The van der Waals surface area contributed by atoms with Crippen LogP contribution in [0, 0.1) is 0 Å². The maximum Gasteiger partial charge on any atom is 0.0675 e. The van der Waals surface area contributed by atoms with Gasteiger partial charge in [-0.3, -0.25) is 9.90 Å². The molecule has 2 aromatic rings. The third kappa shape index (κ3) is 1.29. The Morgan fingerprint density at radius 2 is 1.87 bits per heavy atom. The molecule has 2 nitrogen and oxygen atoms in total. The lowest BCUT2D eigenvalue weighted by Gasteiger charge is -2.15. The predicted molar refractivity (Wildman–Crippen MR) is 62.0 cm³/mol. The van der Waals surface area contributed by atoms with Crippen molar-refractivity contribution in [3.05, 3.63) is 42.0 Å². The van der Waals surface area contributed by atoms with E-state index in [1.807, 2.05) is 5.06 Å². The predicted octanol–water partition coefficient (Wildman–Crippen LogP) is 2.76. The highest BCUT2D eigenvalue weighted by molar-refractivity contribution is 5.88. The molecule has 0 saturated carbocycles. The highest BCUT2D eigenvalue weighted by atomic mass is 16.7. The van der Waals surface area contributed by atoms with Gasteiger partial charge in [-0.25, -0.2) is 0 Å². The van der Waals surface area contributed by atoms with Gasteiger partial charge in [0.05, 0.1) is 12.8 Å². The molecule has 1 heterocycles. The van der Waals surface area contributed by atoms with E-state index in [1.165, 1.54) is 22.0 Å². The molecule has 0 atom stereocenters. The monoisotopic (exact) mass is 199 g/mol. The first-order chi connectivity index (χ1) is 7.38. The Hall–Kier alpha value is -1.54. The summed E-state index contributed by atoms with van der Waals surface area (Å²) in [7, 11) is 1.73. The summed E-state index contributed by atoms with van der Waals surface area (Å²) in [6.07, 6.45) is 1.08. The highest BCUT2D eigenvalue weighted by Gasteiger charge is 2.19. The molecule has 1 aliphatic rings. The molecule has 76 valence electrons. The van der Waals surface area contributed by atoms with Gasteiger partial charge in [-0.15, -0.1) is 0 Å². The molecule has 0 saturated heterocycles. The fraction of sp³-hybridized carbons (Fsp3) is 0.231. The zero-order valence-corrected chi connectivity index (χ0v) is 8.73. The van der Waals surface area contributed by atoms with Crippen molar-refractivity contribution in [1.29, 1.82) is 0 Å². The van der Waals surface area contributed by atoms with Crippen LogP contribution < -0.4 is 5.06 Å². The Kier molecular flexibility index (Phi) is 1.89. The second-order valence-electron chi connectivity index (χ2n) is 3.86. The summed E-state index contributed by atoms with van der Waals surface area (Å²) in [6.45, 7) is 0.960. The third-order valence-electron chi connectivity index (χ3n) is 3.02. The molecule has 3 rings (SSSR count). The summed E-state index contributed by atoms with van der Waals surface area (Å²) in [5, 5.41) is 4.55. The quantitative estimate of drug-likeness (QED) is 0.700. The zero-order chi connectivity index (χ0) is 10.3. The molecule has 2 heteroatoms. The molecule has 0 N–H and O–H groups in total. The fourth-order valence-corrected chi connectivity index (χ4v) is 2.24. The van der Waals surface area contributed by atoms with E-state index in [0.29, 0.717) is 0 Å².